The fraction of sp³-hybridized carbons (Fsp3) is 0.222. The van der Waals surface area contributed by atoms with Gasteiger partial charge in [-0.25, -0.2) is 4.79 Å². The highest BCUT2D eigenvalue weighted by Crippen LogP contribution is 2.12. The summed E-state index contributed by atoms with van der Waals surface area (Å²) in [6.07, 6.45) is 0. The summed E-state index contributed by atoms with van der Waals surface area (Å²) in [6.45, 7) is 1.70. The lowest BCUT2D eigenvalue weighted by molar-refractivity contribution is -0.210. The number of hydrogen-bond donors (Lipinski definition) is 1. The molecule has 0 bridgehead atoms. The smallest absolute Gasteiger partial charge is 0.326 e. The van der Waals surface area contributed by atoms with Crippen LogP contribution in [0.15, 0.2) is 24.3 Å². The van der Waals surface area contributed by atoms with Gasteiger partial charge in [-0.2, -0.15) is 0 Å². The van der Waals surface area contributed by atoms with Crippen LogP contribution in [-0.2, 0) is 16.2 Å². The van der Waals surface area contributed by atoms with E-state index in [1.807, 2.05) is 6.07 Å². The van der Waals surface area contributed by atoms with Crippen LogP contribution in [0.25, 0.3) is 0 Å². The summed E-state index contributed by atoms with van der Waals surface area (Å²) >= 11 is 0. The lowest BCUT2D eigenvalue weighted by Crippen LogP contribution is -2.03. The third kappa shape index (κ3) is 3.13. The Kier molecular flexibility index (Phi) is 3.28. The molecule has 1 rings (SSSR count). The van der Waals surface area contributed by atoms with Crippen molar-refractivity contribution in [3.63, 3.8) is 0 Å². The molecule has 0 heterocycles. The van der Waals surface area contributed by atoms with Crippen molar-refractivity contribution in [1.82, 2.24) is 0 Å². The standard InChI is InChI=1S/C9H11NO3/c1-7(11)12-13-9-4-2-3-8(5-9)6-10/h2-5H,6,10H2,1H3. The molecule has 0 radical (unpaired) electrons. The third-order valence-corrected chi connectivity index (χ3v) is 1.39. The van der Waals surface area contributed by atoms with Crippen molar-refractivity contribution in [3.05, 3.63) is 29.8 Å². The van der Waals surface area contributed by atoms with Crippen LogP contribution in [-0.4, -0.2) is 5.97 Å². The molecule has 0 aliphatic carbocycles. The molecule has 0 unspecified atom stereocenters. The highest BCUT2D eigenvalue weighted by Gasteiger charge is 1.98. The predicted molar refractivity (Wildman–Crippen MR) is 46.7 cm³/mol. The lowest BCUT2D eigenvalue weighted by Gasteiger charge is -2.03. The zero-order valence-corrected chi connectivity index (χ0v) is 7.32. The molecule has 0 spiro atoms. The molecule has 0 atom stereocenters. The van der Waals surface area contributed by atoms with Gasteiger partial charge >= 0.3 is 5.97 Å². The summed E-state index contributed by atoms with van der Waals surface area (Å²) in [5.41, 5.74) is 6.33. The minimum absolute atomic E-state index is 0.428. The second-order valence-corrected chi connectivity index (χ2v) is 2.51. The van der Waals surface area contributed by atoms with Gasteiger partial charge in [0.05, 0.1) is 0 Å². The molecule has 4 heteroatoms. The quantitative estimate of drug-likeness (QED) is 0.558. The molecule has 4 nitrogen and oxygen atoms in total. The van der Waals surface area contributed by atoms with Crippen molar-refractivity contribution in [2.24, 2.45) is 5.73 Å². The zero-order chi connectivity index (χ0) is 9.68. The van der Waals surface area contributed by atoms with Crippen LogP contribution in [0.2, 0.25) is 0 Å². The van der Waals surface area contributed by atoms with E-state index in [9.17, 15) is 4.79 Å². The molecular formula is C9H11NO3. The number of carbonyl (C=O) groups excluding carboxylic acids is 1. The second-order valence-electron chi connectivity index (χ2n) is 2.51. The average molecular weight is 181 g/mol. The van der Waals surface area contributed by atoms with E-state index in [1.165, 1.54) is 6.92 Å². The zero-order valence-electron chi connectivity index (χ0n) is 7.32. The monoisotopic (exact) mass is 181 g/mol. The van der Waals surface area contributed by atoms with Crippen LogP contribution in [0.5, 0.6) is 5.75 Å². The number of hydrogen-bond acceptors (Lipinski definition) is 4. The van der Waals surface area contributed by atoms with E-state index in [2.05, 4.69) is 4.89 Å². The SMILES string of the molecule is CC(=O)OOc1cccc(CN)c1. The fourth-order valence-corrected chi connectivity index (χ4v) is 0.831. The summed E-state index contributed by atoms with van der Waals surface area (Å²) < 4.78 is 0. The maximum Gasteiger partial charge on any atom is 0.352 e. The van der Waals surface area contributed by atoms with Crippen LogP contribution in [0.1, 0.15) is 12.5 Å². The van der Waals surface area contributed by atoms with Gasteiger partial charge in [0.25, 0.3) is 0 Å². The van der Waals surface area contributed by atoms with Gasteiger partial charge in [0.2, 0.25) is 0 Å². The molecule has 0 saturated heterocycles. The molecule has 0 aliphatic heterocycles. The first-order valence-corrected chi connectivity index (χ1v) is 3.86. The van der Waals surface area contributed by atoms with Crippen molar-refractivity contribution in [3.8, 4) is 5.75 Å². The summed E-state index contributed by atoms with van der Waals surface area (Å²) in [5, 5.41) is 0. The van der Waals surface area contributed by atoms with Gasteiger partial charge in [0.15, 0.2) is 5.75 Å². The highest BCUT2D eigenvalue weighted by molar-refractivity contribution is 5.65. The Bertz CT molecular complexity index is 299. The van der Waals surface area contributed by atoms with E-state index < -0.39 is 5.97 Å². The maximum absolute atomic E-state index is 10.4. The molecule has 1 aromatic rings. The van der Waals surface area contributed by atoms with Crippen LogP contribution >= 0.6 is 0 Å². The molecule has 0 amide bonds. The Labute approximate surface area is 76.2 Å². The van der Waals surface area contributed by atoms with Gasteiger partial charge < -0.3 is 5.73 Å². The maximum atomic E-state index is 10.4. The Morgan fingerprint density at radius 2 is 2.31 bits per heavy atom. The van der Waals surface area contributed by atoms with Gasteiger partial charge in [0, 0.05) is 13.5 Å². The van der Waals surface area contributed by atoms with E-state index >= 15 is 0 Å². The summed E-state index contributed by atoms with van der Waals surface area (Å²) in [5.74, 6) is -0.0173. The molecule has 1 aromatic carbocycles. The topological polar surface area (TPSA) is 61.5 Å². The van der Waals surface area contributed by atoms with Crippen molar-refractivity contribution >= 4 is 5.97 Å². The van der Waals surface area contributed by atoms with Crippen molar-refractivity contribution in [2.75, 3.05) is 0 Å². The molecule has 0 fully saturated rings. The van der Waals surface area contributed by atoms with Crippen molar-refractivity contribution in [2.45, 2.75) is 13.5 Å². The number of carbonyl (C=O) groups is 1. The highest BCUT2D eigenvalue weighted by atomic mass is 17.2. The minimum atomic E-state index is -0.488. The van der Waals surface area contributed by atoms with E-state index in [0.29, 0.717) is 12.3 Å². The second kappa shape index (κ2) is 4.47. The summed E-state index contributed by atoms with van der Waals surface area (Å²) in [4.78, 5) is 19.5. The first kappa shape index (κ1) is 9.54. The van der Waals surface area contributed by atoms with E-state index in [1.54, 1.807) is 18.2 Å². The van der Waals surface area contributed by atoms with Crippen LogP contribution < -0.4 is 10.6 Å². The van der Waals surface area contributed by atoms with Crippen LogP contribution in [0.3, 0.4) is 0 Å². The first-order chi connectivity index (χ1) is 6.22. The number of rotatable bonds is 3. The Morgan fingerprint density at radius 3 is 2.92 bits per heavy atom. The Balaban J connectivity index is 2.61. The van der Waals surface area contributed by atoms with E-state index in [0.717, 1.165) is 5.56 Å². The summed E-state index contributed by atoms with van der Waals surface area (Å²) in [7, 11) is 0. The largest absolute Gasteiger partial charge is 0.352 e. The minimum Gasteiger partial charge on any atom is -0.326 e. The first-order valence-electron chi connectivity index (χ1n) is 3.86. The molecular weight excluding hydrogens is 170 g/mol. The van der Waals surface area contributed by atoms with Gasteiger partial charge in [-0.15, -0.1) is 0 Å². The molecule has 2 N–H and O–H groups in total. The van der Waals surface area contributed by atoms with Gasteiger partial charge in [0.1, 0.15) is 0 Å². The predicted octanol–water partition coefficient (Wildman–Crippen LogP) is 1.00. The van der Waals surface area contributed by atoms with Crippen LogP contribution in [0, 0.1) is 0 Å². The fourth-order valence-electron chi connectivity index (χ4n) is 0.831. The summed E-state index contributed by atoms with van der Waals surface area (Å²) in [6, 6.07) is 7.03. The van der Waals surface area contributed by atoms with Crippen molar-refractivity contribution in [1.29, 1.82) is 0 Å². The number of benzene rings is 1. The van der Waals surface area contributed by atoms with Crippen LogP contribution in [0.4, 0.5) is 0 Å². The molecule has 70 valence electrons. The van der Waals surface area contributed by atoms with Gasteiger partial charge in [-0.05, 0) is 17.7 Å². The van der Waals surface area contributed by atoms with Crippen molar-refractivity contribution < 1.29 is 14.6 Å². The Morgan fingerprint density at radius 1 is 1.54 bits per heavy atom. The average Bonchev–Trinajstić information content (AvgIpc) is 2.15. The van der Waals surface area contributed by atoms with E-state index in [4.69, 9.17) is 10.6 Å². The normalized spacial score (nSPS) is 9.38. The molecule has 0 saturated carbocycles. The van der Waals surface area contributed by atoms with E-state index in [-0.39, 0.29) is 0 Å². The number of nitrogens with two attached hydrogens (primary N) is 1. The van der Waals surface area contributed by atoms with Gasteiger partial charge in [-0.3, -0.25) is 9.78 Å². The third-order valence-electron chi connectivity index (χ3n) is 1.39. The molecule has 13 heavy (non-hydrogen) atoms. The molecule has 0 aliphatic rings. The lowest BCUT2D eigenvalue weighted by atomic mass is 10.2. The van der Waals surface area contributed by atoms with Gasteiger partial charge in [-0.1, -0.05) is 12.1 Å². The molecule has 0 aromatic heterocycles. The Hall–Kier alpha value is -1.55.